The molecule has 0 aliphatic heterocycles. The summed E-state index contributed by atoms with van der Waals surface area (Å²) in [5.41, 5.74) is 26.9. The monoisotopic (exact) mass is 1050 g/mol. The molecule has 394 valence electrons. The molecular formula is C78H67N3. The van der Waals surface area contributed by atoms with Crippen LogP contribution in [0.25, 0.3) is 111 Å². The number of pyridine rings is 3. The Labute approximate surface area is 478 Å². The minimum Gasteiger partial charge on any atom is -0.256 e. The van der Waals surface area contributed by atoms with E-state index < -0.39 is 0 Å². The first-order chi connectivity index (χ1) is 39.5. The first kappa shape index (κ1) is 52.4. The van der Waals surface area contributed by atoms with Crippen molar-refractivity contribution in [2.45, 2.75) is 73.1 Å². The number of para-hydroxylation sites is 1. The maximum atomic E-state index is 5.59. The Morgan fingerprint density at radius 2 is 0.951 bits per heavy atom. The summed E-state index contributed by atoms with van der Waals surface area (Å²) in [5, 5.41) is 4.61. The Morgan fingerprint density at radius 3 is 1.62 bits per heavy atom. The molecule has 0 bridgehead atoms. The van der Waals surface area contributed by atoms with Gasteiger partial charge in [0.1, 0.15) is 0 Å². The molecule has 3 heterocycles. The van der Waals surface area contributed by atoms with Crippen LogP contribution in [-0.2, 0) is 10.8 Å². The molecule has 81 heavy (non-hydrogen) atoms. The van der Waals surface area contributed by atoms with Gasteiger partial charge in [0.05, 0.1) is 28.1 Å². The molecule has 2 aliphatic rings. The molecule has 0 fully saturated rings. The molecule has 3 nitrogen and oxygen atoms in total. The predicted octanol–water partition coefficient (Wildman–Crippen LogP) is 21.1. The molecule has 9 aromatic carbocycles. The molecule has 12 aromatic rings. The Kier molecular flexibility index (Phi) is 13.6. The standard InChI is InChI=1S/C74H55N3.2C2H6/c1-45(47-17-9-7-10-18-47)37-62(51-25-30-57-59-32-27-53(40-66(59)73(3,4)64(57)38-51)69-36-29-49-21-15-16-24-68(49)76-69)56-34-35-61-63(43-71(77-72(61)46(56)2)48-19-11-8-12-20-48)52-26-31-58-60-33-28-54(41-67(60)74(5,6)65(58)39-52)70-42-50-22-13-14-23-55(50)44-75-70;2*1-2/h7-44H,1H2,2-6H3;2*1-2H3/b62-37-;;. The Bertz CT molecular complexity index is 4460. The van der Waals surface area contributed by atoms with Gasteiger partial charge in [0, 0.05) is 49.9 Å². The van der Waals surface area contributed by atoms with Gasteiger partial charge < -0.3 is 0 Å². The number of aryl methyl sites for hydroxylation is 1. The molecule has 0 radical (unpaired) electrons. The van der Waals surface area contributed by atoms with Crippen molar-refractivity contribution in [1.29, 1.82) is 0 Å². The fraction of sp³-hybridized carbons (Fsp3) is 0.141. The van der Waals surface area contributed by atoms with E-state index >= 15 is 0 Å². The second-order valence-electron chi connectivity index (χ2n) is 22.1. The van der Waals surface area contributed by atoms with Gasteiger partial charge in [-0.1, -0.05) is 232 Å². The highest BCUT2D eigenvalue weighted by molar-refractivity contribution is 6.03. The molecule has 0 N–H and O–H groups in total. The van der Waals surface area contributed by atoms with Crippen LogP contribution in [0.5, 0.6) is 0 Å². The van der Waals surface area contributed by atoms with Crippen LogP contribution < -0.4 is 0 Å². The van der Waals surface area contributed by atoms with E-state index in [4.69, 9.17) is 21.5 Å². The summed E-state index contributed by atoms with van der Waals surface area (Å²) in [7, 11) is 0. The molecule has 2 aliphatic carbocycles. The van der Waals surface area contributed by atoms with Crippen LogP contribution in [0.1, 0.15) is 99.9 Å². The molecule has 0 unspecified atom stereocenters. The lowest BCUT2D eigenvalue weighted by molar-refractivity contribution is 0.660. The maximum Gasteiger partial charge on any atom is 0.0751 e. The van der Waals surface area contributed by atoms with Crippen molar-refractivity contribution in [3.63, 3.8) is 0 Å². The number of nitrogens with zero attached hydrogens (tertiary/aromatic N) is 3. The van der Waals surface area contributed by atoms with Crippen molar-refractivity contribution in [3.8, 4) is 67.2 Å². The third-order valence-corrected chi connectivity index (χ3v) is 16.9. The van der Waals surface area contributed by atoms with Crippen LogP contribution in [0.2, 0.25) is 0 Å². The predicted molar refractivity (Wildman–Crippen MR) is 346 cm³/mol. The number of hydrogen-bond acceptors (Lipinski definition) is 3. The zero-order valence-electron chi connectivity index (χ0n) is 48.0. The summed E-state index contributed by atoms with van der Waals surface area (Å²) >= 11 is 0. The number of rotatable bonds is 8. The van der Waals surface area contributed by atoms with Gasteiger partial charge >= 0.3 is 0 Å². The second-order valence-corrected chi connectivity index (χ2v) is 22.1. The summed E-state index contributed by atoms with van der Waals surface area (Å²) in [6, 6.07) is 79.3. The molecule has 14 rings (SSSR count). The van der Waals surface area contributed by atoms with Gasteiger partial charge in [-0.3, -0.25) is 4.98 Å². The van der Waals surface area contributed by atoms with Crippen LogP contribution in [0, 0.1) is 6.92 Å². The molecule has 0 amide bonds. The highest BCUT2D eigenvalue weighted by Gasteiger charge is 2.38. The van der Waals surface area contributed by atoms with Crippen LogP contribution in [0.4, 0.5) is 0 Å². The van der Waals surface area contributed by atoms with Crippen molar-refractivity contribution < 1.29 is 0 Å². The molecule has 3 heteroatoms. The number of allylic oxidation sites excluding steroid dienone is 2. The minimum atomic E-state index is -0.267. The van der Waals surface area contributed by atoms with Crippen molar-refractivity contribution in [2.24, 2.45) is 0 Å². The summed E-state index contributed by atoms with van der Waals surface area (Å²) in [5.74, 6) is 0. The van der Waals surface area contributed by atoms with E-state index in [9.17, 15) is 0 Å². The average Bonchev–Trinajstić information content (AvgIpc) is 4.13. The van der Waals surface area contributed by atoms with E-state index in [1.807, 2.05) is 33.9 Å². The van der Waals surface area contributed by atoms with Crippen LogP contribution >= 0.6 is 0 Å². The van der Waals surface area contributed by atoms with Gasteiger partial charge in [-0.25, -0.2) is 9.97 Å². The number of benzene rings is 9. The van der Waals surface area contributed by atoms with Gasteiger partial charge in [-0.2, -0.15) is 0 Å². The van der Waals surface area contributed by atoms with Gasteiger partial charge in [0.2, 0.25) is 0 Å². The summed E-state index contributed by atoms with van der Waals surface area (Å²) in [6.07, 6.45) is 4.27. The lowest BCUT2D eigenvalue weighted by atomic mass is 9.80. The maximum absolute atomic E-state index is 5.59. The normalized spacial score (nSPS) is 13.3. The van der Waals surface area contributed by atoms with Crippen molar-refractivity contribution in [1.82, 2.24) is 15.0 Å². The van der Waals surface area contributed by atoms with Crippen LogP contribution in [0.15, 0.2) is 237 Å². The molecule has 0 spiro atoms. The van der Waals surface area contributed by atoms with E-state index in [1.165, 1.54) is 55.5 Å². The highest BCUT2D eigenvalue weighted by Crippen LogP contribution is 2.53. The van der Waals surface area contributed by atoms with E-state index in [1.54, 1.807) is 0 Å². The largest absolute Gasteiger partial charge is 0.256 e. The lowest BCUT2D eigenvalue weighted by Gasteiger charge is -2.24. The van der Waals surface area contributed by atoms with Gasteiger partial charge in [-0.15, -0.1) is 0 Å². The molecule has 0 saturated carbocycles. The third kappa shape index (κ3) is 9.08. The van der Waals surface area contributed by atoms with Gasteiger partial charge in [0.15, 0.2) is 0 Å². The first-order valence-electron chi connectivity index (χ1n) is 28.8. The zero-order chi connectivity index (χ0) is 56.2. The molecule has 0 atom stereocenters. The summed E-state index contributed by atoms with van der Waals surface area (Å²) < 4.78 is 0. The van der Waals surface area contributed by atoms with E-state index in [2.05, 4.69) is 259 Å². The fourth-order valence-electron chi connectivity index (χ4n) is 12.5. The number of hydrogen-bond donors (Lipinski definition) is 0. The first-order valence-corrected chi connectivity index (χ1v) is 28.8. The molecular weight excluding hydrogens is 979 g/mol. The van der Waals surface area contributed by atoms with Gasteiger partial charge in [-0.05, 0) is 156 Å². The fourth-order valence-corrected chi connectivity index (χ4v) is 12.5. The average molecular weight is 1050 g/mol. The van der Waals surface area contributed by atoms with E-state index in [0.29, 0.717) is 0 Å². The Balaban J connectivity index is 0.00000159. The van der Waals surface area contributed by atoms with Crippen molar-refractivity contribution in [2.75, 3.05) is 0 Å². The number of fused-ring (bicyclic) bond motifs is 9. The topological polar surface area (TPSA) is 38.7 Å². The lowest BCUT2D eigenvalue weighted by Crippen LogP contribution is -2.15. The Hall–Kier alpha value is -9.31. The summed E-state index contributed by atoms with van der Waals surface area (Å²) in [4.78, 5) is 15.6. The smallest absolute Gasteiger partial charge is 0.0751 e. The molecule has 0 saturated heterocycles. The van der Waals surface area contributed by atoms with Crippen molar-refractivity contribution in [3.05, 3.63) is 282 Å². The Morgan fingerprint density at radius 1 is 0.407 bits per heavy atom. The van der Waals surface area contributed by atoms with Crippen molar-refractivity contribution >= 4 is 43.7 Å². The third-order valence-electron chi connectivity index (χ3n) is 16.9. The van der Waals surface area contributed by atoms with Crippen LogP contribution in [-0.4, -0.2) is 15.0 Å². The quantitative estimate of drug-likeness (QED) is 0.142. The van der Waals surface area contributed by atoms with Gasteiger partial charge in [0.25, 0.3) is 0 Å². The molecule has 3 aromatic heterocycles. The summed E-state index contributed by atoms with van der Waals surface area (Å²) in [6.45, 7) is 24.4. The minimum absolute atomic E-state index is 0.245. The highest BCUT2D eigenvalue weighted by atomic mass is 14.7. The SMILES string of the molecule is C=C(/C=C(/c1ccc2c(c1)C(C)(C)c1cc(-c3ccc4ccccc4n3)ccc1-2)c1ccc2c(-c3ccc4c(c3)C(C)(C)c3cc(-c5cc6ccccc6cn5)ccc3-4)cc(-c3ccccc3)nc2c1C)c1ccccc1.CC.CC. The van der Waals surface area contributed by atoms with Crippen LogP contribution in [0.3, 0.4) is 0 Å². The van der Waals surface area contributed by atoms with E-state index in [-0.39, 0.29) is 10.8 Å². The second kappa shape index (κ2) is 21.1. The number of aromatic nitrogens is 3. The van der Waals surface area contributed by atoms with E-state index in [0.717, 1.165) is 99.9 Å². The zero-order valence-corrected chi connectivity index (χ0v) is 48.0.